The summed E-state index contributed by atoms with van der Waals surface area (Å²) in [4.78, 5) is 0. The lowest BCUT2D eigenvalue weighted by atomic mass is 10.1. The zero-order valence-corrected chi connectivity index (χ0v) is 12.0. The fraction of sp³-hybridized carbons (Fsp3) is 0.500. The number of hydrogen-bond acceptors (Lipinski definition) is 1. The molecular formula is C12H16ClIO. The monoisotopic (exact) mass is 338 g/mol. The van der Waals surface area contributed by atoms with Gasteiger partial charge in [-0.05, 0) is 19.4 Å². The van der Waals surface area contributed by atoms with E-state index in [1.54, 1.807) is 0 Å². The fourth-order valence-corrected chi connectivity index (χ4v) is 2.24. The second-order valence-electron chi connectivity index (χ2n) is 3.89. The highest BCUT2D eigenvalue weighted by atomic mass is 127. The van der Waals surface area contributed by atoms with E-state index in [9.17, 15) is 0 Å². The second-order valence-corrected chi connectivity index (χ2v) is 4.92. The van der Waals surface area contributed by atoms with E-state index in [0.717, 1.165) is 4.43 Å². The summed E-state index contributed by atoms with van der Waals surface area (Å²) in [7, 11) is 0. The number of hydrogen-bond donors (Lipinski definition) is 0. The number of halogens is 2. The topological polar surface area (TPSA) is 9.23 Å². The van der Waals surface area contributed by atoms with Crippen molar-refractivity contribution in [1.82, 2.24) is 0 Å². The minimum Gasteiger partial charge on any atom is -0.366 e. The molecule has 1 aromatic rings. The quantitative estimate of drug-likeness (QED) is 0.577. The van der Waals surface area contributed by atoms with Crippen LogP contribution in [0.1, 0.15) is 25.5 Å². The van der Waals surface area contributed by atoms with Gasteiger partial charge in [0.25, 0.3) is 0 Å². The molecule has 1 nitrogen and oxygen atoms in total. The van der Waals surface area contributed by atoms with Crippen molar-refractivity contribution in [3.63, 3.8) is 0 Å². The van der Waals surface area contributed by atoms with E-state index in [1.165, 1.54) is 5.56 Å². The summed E-state index contributed by atoms with van der Waals surface area (Å²) in [5, 5.41) is 0. The average molecular weight is 339 g/mol. The minimum atomic E-state index is -0.239. The predicted octanol–water partition coefficient (Wildman–Crippen LogP) is 4.20. The van der Waals surface area contributed by atoms with Crippen LogP contribution in [0.2, 0.25) is 0 Å². The SMILES string of the molecule is CC(OC(C)(CCl)CI)c1ccccc1. The first-order valence-electron chi connectivity index (χ1n) is 4.96. The molecule has 1 aromatic carbocycles. The van der Waals surface area contributed by atoms with E-state index >= 15 is 0 Å². The summed E-state index contributed by atoms with van der Waals surface area (Å²) >= 11 is 8.22. The average Bonchev–Trinajstić information content (AvgIpc) is 2.30. The summed E-state index contributed by atoms with van der Waals surface area (Å²) in [6.45, 7) is 4.11. The zero-order valence-electron chi connectivity index (χ0n) is 9.04. The fourth-order valence-electron chi connectivity index (χ4n) is 1.32. The highest BCUT2D eigenvalue weighted by Gasteiger charge is 2.25. The lowest BCUT2D eigenvalue weighted by Gasteiger charge is -2.29. The third-order valence-corrected chi connectivity index (χ3v) is 4.47. The van der Waals surface area contributed by atoms with Crippen LogP contribution in [0.15, 0.2) is 30.3 Å². The summed E-state index contributed by atoms with van der Waals surface area (Å²) in [5.74, 6) is 0.521. The van der Waals surface area contributed by atoms with Gasteiger partial charge in [-0.1, -0.05) is 52.9 Å². The first-order chi connectivity index (χ1) is 7.11. The molecule has 0 aliphatic rings. The number of alkyl halides is 2. The summed E-state index contributed by atoms with van der Waals surface area (Å²) in [5.41, 5.74) is 0.955. The molecule has 15 heavy (non-hydrogen) atoms. The molecule has 0 saturated carbocycles. The zero-order chi connectivity index (χ0) is 11.3. The first kappa shape index (κ1) is 13.3. The van der Waals surface area contributed by atoms with Gasteiger partial charge in [0.1, 0.15) is 0 Å². The molecule has 3 heteroatoms. The number of benzene rings is 1. The summed E-state index contributed by atoms with van der Waals surface area (Å²) < 4.78 is 6.88. The molecular weight excluding hydrogens is 322 g/mol. The Labute approximate surface area is 110 Å². The van der Waals surface area contributed by atoms with Gasteiger partial charge < -0.3 is 4.74 Å². The third-order valence-electron chi connectivity index (χ3n) is 2.30. The van der Waals surface area contributed by atoms with Crippen LogP contribution in [-0.4, -0.2) is 15.9 Å². The Morgan fingerprint density at radius 2 is 2.00 bits per heavy atom. The molecule has 2 unspecified atom stereocenters. The number of rotatable bonds is 5. The Hall–Kier alpha value is 0.200. The van der Waals surface area contributed by atoms with Crippen LogP contribution in [0.3, 0.4) is 0 Å². The van der Waals surface area contributed by atoms with Crippen molar-refractivity contribution in [3.05, 3.63) is 35.9 Å². The Bertz CT molecular complexity index is 285. The van der Waals surface area contributed by atoms with E-state index in [2.05, 4.69) is 41.6 Å². The van der Waals surface area contributed by atoms with E-state index < -0.39 is 0 Å². The molecule has 0 spiro atoms. The minimum absolute atomic E-state index is 0.0877. The van der Waals surface area contributed by atoms with Crippen molar-refractivity contribution < 1.29 is 4.74 Å². The molecule has 84 valence electrons. The molecule has 0 aliphatic carbocycles. The largest absolute Gasteiger partial charge is 0.366 e. The van der Waals surface area contributed by atoms with Crippen LogP contribution in [0.4, 0.5) is 0 Å². The highest BCUT2D eigenvalue weighted by molar-refractivity contribution is 14.1. The predicted molar refractivity (Wildman–Crippen MR) is 74.0 cm³/mol. The van der Waals surface area contributed by atoms with E-state index in [4.69, 9.17) is 16.3 Å². The van der Waals surface area contributed by atoms with Gasteiger partial charge in [-0.2, -0.15) is 0 Å². The van der Waals surface area contributed by atoms with Gasteiger partial charge in [0.15, 0.2) is 0 Å². The van der Waals surface area contributed by atoms with Crippen molar-refractivity contribution in [2.75, 3.05) is 10.3 Å². The molecule has 1 rings (SSSR count). The van der Waals surface area contributed by atoms with Crippen molar-refractivity contribution in [2.24, 2.45) is 0 Å². The van der Waals surface area contributed by atoms with Crippen LogP contribution in [-0.2, 0) is 4.74 Å². The first-order valence-corrected chi connectivity index (χ1v) is 7.02. The highest BCUT2D eigenvalue weighted by Crippen LogP contribution is 2.26. The summed E-state index contributed by atoms with van der Waals surface area (Å²) in [6.07, 6.45) is 0.0877. The van der Waals surface area contributed by atoms with Crippen molar-refractivity contribution >= 4 is 34.2 Å². The van der Waals surface area contributed by atoms with E-state index in [1.807, 2.05) is 25.1 Å². The molecule has 0 bridgehead atoms. The van der Waals surface area contributed by atoms with Gasteiger partial charge in [-0.15, -0.1) is 11.6 Å². The lowest BCUT2D eigenvalue weighted by molar-refractivity contribution is -0.0455. The van der Waals surface area contributed by atoms with Gasteiger partial charge in [0, 0.05) is 4.43 Å². The van der Waals surface area contributed by atoms with Gasteiger partial charge in [0.2, 0.25) is 0 Å². The molecule has 0 amide bonds. The maximum atomic E-state index is 5.98. The molecule has 0 saturated heterocycles. The molecule has 0 aliphatic heterocycles. The van der Waals surface area contributed by atoms with Crippen LogP contribution in [0.5, 0.6) is 0 Å². The summed E-state index contributed by atoms with van der Waals surface area (Å²) in [6, 6.07) is 10.2. The van der Waals surface area contributed by atoms with E-state index in [-0.39, 0.29) is 11.7 Å². The van der Waals surface area contributed by atoms with Gasteiger partial charge in [-0.3, -0.25) is 0 Å². The third kappa shape index (κ3) is 3.93. The van der Waals surface area contributed by atoms with Crippen molar-refractivity contribution in [1.29, 1.82) is 0 Å². The molecule has 0 radical (unpaired) electrons. The van der Waals surface area contributed by atoms with E-state index in [0.29, 0.717) is 5.88 Å². The Morgan fingerprint density at radius 1 is 1.40 bits per heavy atom. The van der Waals surface area contributed by atoms with Crippen LogP contribution in [0, 0.1) is 0 Å². The van der Waals surface area contributed by atoms with Gasteiger partial charge in [-0.25, -0.2) is 0 Å². The van der Waals surface area contributed by atoms with Crippen LogP contribution >= 0.6 is 34.2 Å². The Balaban J connectivity index is 2.67. The second kappa shape index (κ2) is 6.06. The molecule has 0 heterocycles. The number of ether oxygens (including phenoxy) is 1. The van der Waals surface area contributed by atoms with Crippen LogP contribution < -0.4 is 0 Å². The molecule has 0 N–H and O–H groups in total. The maximum Gasteiger partial charge on any atom is 0.0886 e. The molecule has 0 fully saturated rings. The van der Waals surface area contributed by atoms with Gasteiger partial charge >= 0.3 is 0 Å². The molecule has 0 aromatic heterocycles. The lowest BCUT2D eigenvalue weighted by Crippen LogP contribution is -2.33. The van der Waals surface area contributed by atoms with Crippen molar-refractivity contribution in [3.8, 4) is 0 Å². The molecule has 2 atom stereocenters. The normalized spacial score (nSPS) is 17.1. The Morgan fingerprint density at radius 3 is 2.47 bits per heavy atom. The smallest absolute Gasteiger partial charge is 0.0886 e. The maximum absolute atomic E-state index is 5.98. The van der Waals surface area contributed by atoms with Crippen molar-refractivity contribution in [2.45, 2.75) is 25.6 Å². The van der Waals surface area contributed by atoms with Crippen LogP contribution in [0.25, 0.3) is 0 Å². The van der Waals surface area contributed by atoms with Gasteiger partial charge in [0.05, 0.1) is 17.6 Å². The standard InChI is InChI=1S/C12H16ClIO/c1-10(11-6-4-3-5-7-11)15-12(2,8-13)9-14/h3-7,10H,8-9H2,1-2H3. The Kier molecular flexibility index (Phi) is 5.36.